The van der Waals surface area contributed by atoms with Crippen molar-refractivity contribution in [2.45, 2.75) is 407 Å². The molecule has 0 saturated carbocycles. The second kappa shape index (κ2) is 66.6. The maximum absolute atomic E-state index is 13.1. The monoisotopic (exact) mass is 1400 g/mol. The van der Waals surface area contributed by atoms with Gasteiger partial charge in [0.25, 0.3) is 0 Å². The first-order valence-corrected chi connectivity index (χ1v) is 42.4. The molecule has 95 heavy (non-hydrogen) atoms. The lowest BCUT2D eigenvalue weighted by atomic mass is 10.00. The Labute approximate surface area is 581 Å². The first-order chi connectivity index (χ1) is 45.8. The van der Waals surface area contributed by atoms with Crippen molar-refractivity contribution < 1.29 is 80.2 Å². The van der Waals surface area contributed by atoms with Gasteiger partial charge in [0.15, 0.2) is 12.2 Å². The molecule has 6 atom stereocenters. The summed E-state index contributed by atoms with van der Waals surface area (Å²) in [4.78, 5) is 72.8. The van der Waals surface area contributed by atoms with E-state index in [4.69, 9.17) is 37.0 Å². The minimum Gasteiger partial charge on any atom is -0.462 e. The molecular formula is C76H148O17P2. The minimum atomic E-state index is -4.96. The van der Waals surface area contributed by atoms with Gasteiger partial charge < -0.3 is 33.8 Å². The topological polar surface area (TPSA) is 237 Å². The van der Waals surface area contributed by atoms with Crippen LogP contribution in [0.5, 0.6) is 0 Å². The van der Waals surface area contributed by atoms with Gasteiger partial charge >= 0.3 is 39.5 Å². The van der Waals surface area contributed by atoms with Crippen LogP contribution in [0.1, 0.15) is 389 Å². The number of aliphatic hydroxyl groups is 1. The molecule has 0 heterocycles. The summed E-state index contributed by atoms with van der Waals surface area (Å²) in [5.74, 6) is 0.138. The number of hydrogen-bond acceptors (Lipinski definition) is 15. The van der Waals surface area contributed by atoms with Gasteiger partial charge in [-0.25, -0.2) is 9.13 Å². The summed E-state index contributed by atoms with van der Waals surface area (Å²) in [5.41, 5.74) is 0. The number of phosphoric ester groups is 2. The van der Waals surface area contributed by atoms with Crippen LogP contribution in [0.25, 0.3) is 0 Å². The first kappa shape index (κ1) is 93.1. The fourth-order valence-electron chi connectivity index (χ4n) is 11.6. The average molecular weight is 1400 g/mol. The Balaban J connectivity index is 5.23. The summed E-state index contributed by atoms with van der Waals surface area (Å²) < 4.78 is 68.5. The number of rotatable bonds is 74. The molecule has 0 aromatic heterocycles. The van der Waals surface area contributed by atoms with Crippen molar-refractivity contribution in [1.29, 1.82) is 0 Å². The maximum atomic E-state index is 13.1. The Hall–Kier alpha value is -1.94. The van der Waals surface area contributed by atoms with E-state index in [1.165, 1.54) is 193 Å². The average Bonchev–Trinajstić information content (AvgIpc) is 1.50. The van der Waals surface area contributed by atoms with E-state index in [0.717, 1.165) is 114 Å². The Morgan fingerprint density at radius 1 is 0.305 bits per heavy atom. The Kier molecular flexibility index (Phi) is 65.2. The highest BCUT2D eigenvalue weighted by atomic mass is 31.2. The van der Waals surface area contributed by atoms with Crippen LogP contribution in [0.15, 0.2) is 0 Å². The Morgan fingerprint density at radius 2 is 0.537 bits per heavy atom. The molecule has 0 bridgehead atoms. The van der Waals surface area contributed by atoms with Gasteiger partial charge in [0.05, 0.1) is 26.4 Å². The SMILES string of the molecule is CCCCCCCCCCCCCCCCCC(=O)OC[C@H](COP(=O)(O)OC[C@@H](O)COP(=O)(O)OC[C@@H](COC(=O)CCCCCCCCC(C)CC)OC(=O)CCCCCCCCCCC(C)C)OC(=O)CCCCCCCCCCCCCCCCCCC(C)C. The molecule has 0 fully saturated rings. The molecule has 0 rings (SSSR count). The lowest BCUT2D eigenvalue weighted by Crippen LogP contribution is -2.30. The molecule has 0 aromatic carbocycles. The zero-order valence-electron chi connectivity index (χ0n) is 62.1. The maximum Gasteiger partial charge on any atom is 0.472 e. The van der Waals surface area contributed by atoms with E-state index in [0.29, 0.717) is 25.7 Å². The van der Waals surface area contributed by atoms with Crippen molar-refractivity contribution in [2.75, 3.05) is 39.6 Å². The van der Waals surface area contributed by atoms with Gasteiger partial charge in [0.2, 0.25) is 0 Å². The van der Waals surface area contributed by atoms with Crippen molar-refractivity contribution >= 4 is 39.5 Å². The van der Waals surface area contributed by atoms with Crippen LogP contribution in [-0.2, 0) is 65.4 Å². The fourth-order valence-corrected chi connectivity index (χ4v) is 13.1. The predicted molar refractivity (Wildman–Crippen MR) is 386 cm³/mol. The molecule has 3 unspecified atom stereocenters. The smallest absolute Gasteiger partial charge is 0.462 e. The molecule has 0 amide bonds. The summed E-state index contributed by atoms with van der Waals surface area (Å²) in [6.45, 7) is 11.8. The molecule has 0 radical (unpaired) electrons. The largest absolute Gasteiger partial charge is 0.472 e. The van der Waals surface area contributed by atoms with Crippen LogP contribution in [0.2, 0.25) is 0 Å². The molecule has 0 aliphatic rings. The van der Waals surface area contributed by atoms with Crippen molar-refractivity contribution in [2.24, 2.45) is 17.8 Å². The summed E-state index contributed by atoms with van der Waals surface area (Å²) in [7, 11) is -9.91. The molecule has 0 aliphatic heterocycles. The van der Waals surface area contributed by atoms with Crippen molar-refractivity contribution in [3.63, 3.8) is 0 Å². The molecule has 0 aromatic rings. The van der Waals surface area contributed by atoms with Crippen molar-refractivity contribution in [3.05, 3.63) is 0 Å². The van der Waals surface area contributed by atoms with Crippen molar-refractivity contribution in [1.82, 2.24) is 0 Å². The van der Waals surface area contributed by atoms with Crippen molar-refractivity contribution in [3.8, 4) is 0 Å². The standard InChI is InChI=1S/C76H148O17P2/c1-8-10-11-12-13-14-15-16-19-23-26-29-35-43-50-57-73(78)86-63-71(92-75(80)59-52-45-36-30-27-24-21-18-17-20-22-25-28-33-40-47-54-67(3)4)65-90-94(82,83)88-61-70(77)62-89-95(84,85)91-66-72(64-87-74(79)58-51-44-39-38-42-49-56-69(7)9-2)93-76(81)60-53-46-37-32-31-34-41-48-55-68(5)6/h67-72,77H,8-66H2,1-7H3,(H,82,83)(H,84,85)/t69?,70-,71-,72-/m1/s1. The molecule has 564 valence electrons. The number of ether oxygens (including phenoxy) is 4. The van der Waals surface area contributed by atoms with Crippen LogP contribution in [-0.4, -0.2) is 96.7 Å². The first-order valence-electron chi connectivity index (χ1n) is 39.4. The summed E-state index contributed by atoms with van der Waals surface area (Å²) >= 11 is 0. The zero-order valence-corrected chi connectivity index (χ0v) is 63.9. The van der Waals surface area contributed by atoms with Gasteiger partial charge in [-0.15, -0.1) is 0 Å². The number of carbonyl (C=O) groups is 4. The van der Waals surface area contributed by atoms with Gasteiger partial charge in [-0.1, -0.05) is 337 Å². The number of hydrogen-bond donors (Lipinski definition) is 3. The second-order valence-corrected chi connectivity index (χ2v) is 31.5. The lowest BCUT2D eigenvalue weighted by molar-refractivity contribution is -0.161. The van der Waals surface area contributed by atoms with Crippen LogP contribution >= 0.6 is 15.6 Å². The minimum absolute atomic E-state index is 0.104. The van der Waals surface area contributed by atoms with Gasteiger partial charge in [0, 0.05) is 25.7 Å². The van der Waals surface area contributed by atoms with Gasteiger partial charge in [-0.2, -0.15) is 0 Å². The number of esters is 4. The lowest BCUT2D eigenvalue weighted by Gasteiger charge is -2.21. The van der Waals surface area contributed by atoms with E-state index in [1.54, 1.807) is 0 Å². The molecule has 0 aliphatic carbocycles. The number of unbranched alkanes of at least 4 members (excludes halogenated alkanes) is 41. The molecule has 17 nitrogen and oxygen atoms in total. The van der Waals surface area contributed by atoms with Crippen LogP contribution in [0.4, 0.5) is 0 Å². The summed E-state index contributed by atoms with van der Waals surface area (Å²) in [6.07, 6.45) is 52.8. The highest BCUT2D eigenvalue weighted by Crippen LogP contribution is 2.45. The van der Waals surface area contributed by atoms with Gasteiger partial charge in [0.1, 0.15) is 19.3 Å². The predicted octanol–water partition coefficient (Wildman–Crippen LogP) is 22.2. The van der Waals surface area contributed by atoms with E-state index in [2.05, 4.69) is 48.5 Å². The van der Waals surface area contributed by atoms with Crippen LogP contribution < -0.4 is 0 Å². The van der Waals surface area contributed by atoms with E-state index in [-0.39, 0.29) is 25.7 Å². The number of aliphatic hydroxyl groups excluding tert-OH is 1. The number of carbonyl (C=O) groups excluding carboxylic acids is 4. The van der Waals surface area contributed by atoms with E-state index < -0.39 is 97.5 Å². The molecule has 19 heteroatoms. The van der Waals surface area contributed by atoms with E-state index >= 15 is 0 Å². The van der Waals surface area contributed by atoms with E-state index in [1.807, 2.05) is 0 Å². The van der Waals surface area contributed by atoms with Crippen LogP contribution in [0, 0.1) is 17.8 Å². The summed E-state index contributed by atoms with van der Waals surface area (Å²) in [5, 5.41) is 10.6. The second-order valence-electron chi connectivity index (χ2n) is 28.6. The molecular weight excluding hydrogens is 1250 g/mol. The summed E-state index contributed by atoms with van der Waals surface area (Å²) in [6, 6.07) is 0. The third-order valence-corrected chi connectivity index (χ3v) is 19.9. The fraction of sp³-hybridized carbons (Fsp3) is 0.947. The highest BCUT2D eigenvalue weighted by Gasteiger charge is 2.30. The highest BCUT2D eigenvalue weighted by molar-refractivity contribution is 7.47. The third-order valence-electron chi connectivity index (χ3n) is 18.0. The van der Waals surface area contributed by atoms with E-state index in [9.17, 15) is 43.2 Å². The van der Waals surface area contributed by atoms with Gasteiger partial charge in [-0.3, -0.25) is 37.3 Å². The number of phosphoric acid groups is 2. The molecule has 3 N–H and O–H groups in total. The molecule has 0 saturated heterocycles. The third kappa shape index (κ3) is 69.0. The Bertz CT molecular complexity index is 1850. The van der Waals surface area contributed by atoms with Crippen LogP contribution in [0.3, 0.4) is 0 Å². The van der Waals surface area contributed by atoms with Gasteiger partial charge in [-0.05, 0) is 43.4 Å². The normalized spacial score (nSPS) is 14.4. The zero-order chi connectivity index (χ0) is 70.1. The molecule has 0 spiro atoms. The quantitative estimate of drug-likeness (QED) is 0.0222. The Morgan fingerprint density at radius 3 is 0.800 bits per heavy atom.